The fraction of sp³-hybridized carbons (Fsp3) is 0.560. The molecule has 2 bridgehead atoms. The summed E-state index contributed by atoms with van der Waals surface area (Å²) in [6.07, 6.45) is 5.11. The first-order chi connectivity index (χ1) is 15.2. The van der Waals surface area contributed by atoms with Crippen molar-refractivity contribution >= 4 is 22.6 Å². The van der Waals surface area contributed by atoms with Crippen LogP contribution in [0, 0.1) is 23.7 Å². The van der Waals surface area contributed by atoms with Crippen LogP contribution >= 0.6 is 0 Å². The van der Waals surface area contributed by atoms with E-state index in [-0.39, 0.29) is 63.9 Å². The molecule has 1 saturated carbocycles. The Labute approximate surface area is 186 Å². The second-order valence-corrected chi connectivity index (χ2v) is 10.4. The largest absolute Gasteiger partial charge is 0.332 e. The van der Waals surface area contributed by atoms with Crippen LogP contribution in [-0.4, -0.2) is 25.7 Å². The molecule has 0 aromatic carbocycles. The third kappa shape index (κ3) is 2.90. The number of pyridine rings is 1. The summed E-state index contributed by atoms with van der Waals surface area (Å²) in [5.74, 6) is 0.0530. The van der Waals surface area contributed by atoms with Gasteiger partial charge in [-0.25, -0.2) is 9.78 Å². The molecule has 6 rings (SSSR count). The standard InChI is InChI=1S/C25H29N3O4/c1-12(2)10-27-23-20(24(31)28(25(27)32)11-13(3)4)19-16(9-26-23)21(29)17-14-5-7-15(8-6-14)18(17)22(19)30/h9,12-15H,5-8,10-11H2,1-4H3. The Bertz CT molecular complexity index is 1320. The number of hydrogen-bond donors (Lipinski definition) is 0. The minimum absolute atomic E-state index is 0.0681. The minimum atomic E-state index is -0.519. The first kappa shape index (κ1) is 21.0. The molecule has 2 aromatic rings. The summed E-state index contributed by atoms with van der Waals surface area (Å²) in [5, 5.41) is 0.120. The van der Waals surface area contributed by atoms with Gasteiger partial charge in [-0.3, -0.25) is 23.5 Å². The molecule has 1 fully saturated rings. The number of ketones is 2. The number of hydrogen-bond acceptors (Lipinski definition) is 5. The van der Waals surface area contributed by atoms with E-state index < -0.39 is 11.2 Å². The Morgan fingerprint density at radius 2 is 1.38 bits per heavy atom. The smallest absolute Gasteiger partial charge is 0.289 e. The highest BCUT2D eigenvalue weighted by atomic mass is 16.2. The number of carbonyl (C=O) groups excluding carboxylic acids is 2. The van der Waals surface area contributed by atoms with Gasteiger partial charge in [0, 0.05) is 30.4 Å². The Morgan fingerprint density at radius 3 is 1.94 bits per heavy atom. The summed E-state index contributed by atoms with van der Waals surface area (Å²) in [6, 6.07) is 0. The lowest BCUT2D eigenvalue weighted by Crippen LogP contribution is -2.44. The van der Waals surface area contributed by atoms with Crippen molar-refractivity contribution in [2.24, 2.45) is 23.7 Å². The zero-order valence-corrected chi connectivity index (χ0v) is 19.1. The highest BCUT2D eigenvalue weighted by Gasteiger charge is 2.46. The van der Waals surface area contributed by atoms with Crippen LogP contribution in [0.15, 0.2) is 26.9 Å². The van der Waals surface area contributed by atoms with Gasteiger partial charge in [-0.2, -0.15) is 0 Å². The molecular weight excluding hydrogens is 406 g/mol. The van der Waals surface area contributed by atoms with Gasteiger partial charge in [0.2, 0.25) is 0 Å². The number of aromatic nitrogens is 3. The lowest BCUT2D eigenvalue weighted by atomic mass is 9.61. The molecule has 7 heteroatoms. The second kappa shape index (κ2) is 7.36. The van der Waals surface area contributed by atoms with Crippen LogP contribution in [-0.2, 0) is 13.1 Å². The van der Waals surface area contributed by atoms with E-state index in [2.05, 4.69) is 4.98 Å². The van der Waals surface area contributed by atoms with Crippen molar-refractivity contribution in [3.63, 3.8) is 0 Å². The molecular formula is C25H29N3O4. The SMILES string of the molecule is CC(C)Cn1c(=O)c2c3c(cnc2n(CC(C)C)c1=O)C(=O)C1=C(C3=O)C2CCC1CC2. The fourth-order valence-electron chi connectivity index (χ4n) is 5.84. The van der Waals surface area contributed by atoms with Gasteiger partial charge in [0.05, 0.1) is 16.5 Å². The van der Waals surface area contributed by atoms with E-state index in [1.807, 2.05) is 27.7 Å². The molecule has 0 atom stereocenters. The average Bonchev–Trinajstić information content (AvgIpc) is 2.77. The quantitative estimate of drug-likeness (QED) is 0.734. The van der Waals surface area contributed by atoms with Crippen molar-refractivity contribution in [2.75, 3.05) is 0 Å². The zero-order valence-electron chi connectivity index (χ0n) is 19.1. The van der Waals surface area contributed by atoms with Crippen molar-refractivity contribution in [3.05, 3.63) is 49.3 Å². The third-order valence-corrected chi connectivity index (χ3v) is 7.13. The fourth-order valence-corrected chi connectivity index (χ4v) is 5.84. The number of allylic oxidation sites excluding steroid dienone is 2. The molecule has 0 spiro atoms. The van der Waals surface area contributed by atoms with Crippen molar-refractivity contribution in [3.8, 4) is 0 Å². The normalized spacial score (nSPS) is 22.3. The maximum atomic E-state index is 13.8. The number of carbonyl (C=O) groups is 2. The van der Waals surface area contributed by atoms with E-state index in [1.165, 1.54) is 15.3 Å². The summed E-state index contributed by atoms with van der Waals surface area (Å²) < 4.78 is 2.71. The number of Topliss-reactive ketones (excluding diaryl/α,β-unsaturated/α-hetero) is 2. The number of fused-ring (bicyclic) bond motifs is 5. The molecule has 0 saturated heterocycles. The Morgan fingerprint density at radius 1 is 0.844 bits per heavy atom. The maximum Gasteiger partial charge on any atom is 0.332 e. The van der Waals surface area contributed by atoms with E-state index in [0.29, 0.717) is 17.7 Å². The van der Waals surface area contributed by atoms with Gasteiger partial charge in [-0.1, -0.05) is 27.7 Å². The Balaban J connectivity index is 1.86. The molecule has 4 aliphatic rings. The molecule has 0 unspecified atom stereocenters. The maximum absolute atomic E-state index is 13.8. The molecule has 0 N–H and O–H groups in total. The summed E-state index contributed by atoms with van der Waals surface area (Å²) in [5.41, 5.74) is 0.928. The topological polar surface area (TPSA) is 91.0 Å². The van der Waals surface area contributed by atoms with Crippen LogP contribution in [0.5, 0.6) is 0 Å². The van der Waals surface area contributed by atoms with Gasteiger partial charge in [0.1, 0.15) is 5.65 Å². The summed E-state index contributed by atoms with van der Waals surface area (Å²) in [6.45, 7) is 8.47. The summed E-state index contributed by atoms with van der Waals surface area (Å²) in [4.78, 5) is 58.6. The Hall–Kier alpha value is -2.83. The van der Waals surface area contributed by atoms with Crippen LogP contribution in [0.1, 0.15) is 74.1 Å². The van der Waals surface area contributed by atoms with Gasteiger partial charge < -0.3 is 0 Å². The van der Waals surface area contributed by atoms with Crippen LogP contribution in [0.2, 0.25) is 0 Å². The van der Waals surface area contributed by atoms with E-state index in [4.69, 9.17) is 0 Å². The van der Waals surface area contributed by atoms with Crippen molar-refractivity contribution in [1.29, 1.82) is 0 Å². The van der Waals surface area contributed by atoms with E-state index in [9.17, 15) is 19.2 Å². The van der Waals surface area contributed by atoms with Gasteiger partial charge in [0.25, 0.3) is 5.56 Å². The predicted molar refractivity (Wildman–Crippen MR) is 121 cm³/mol. The highest BCUT2D eigenvalue weighted by molar-refractivity contribution is 6.30. The molecule has 168 valence electrons. The van der Waals surface area contributed by atoms with Gasteiger partial charge in [-0.05, 0) is 49.4 Å². The van der Waals surface area contributed by atoms with Crippen LogP contribution < -0.4 is 11.2 Å². The first-order valence-electron chi connectivity index (χ1n) is 11.7. The monoisotopic (exact) mass is 435 g/mol. The van der Waals surface area contributed by atoms with Crippen LogP contribution in [0.25, 0.3) is 11.0 Å². The van der Waals surface area contributed by atoms with Gasteiger partial charge in [-0.15, -0.1) is 0 Å². The third-order valence-electron chi connectivity index (χ3n) is 7.13. The number of rotatable bonds is 4. The first-order valence-corrected chi connectivity index (χ1v) is 11.7. The van der Waals surface area contributed by atoms with Crippen molar-refractivity contribution in [2.45, 2.75) is 66.5 Å². The summed E-state index contributed by atoms with van der Waals surface area (Å²) in [7, 11) is 0. The van der Waals surface area contributed by atoms with Crippen molar-refractivity contribution in [1.82, 2.24) is 14.1 Å². The van der Waals surface area contributed by atoms with Gasteiger partial charge >= 0.3 is 5.69 Å². The van der Waals surface area contributed by atoms with E-state index >= 15 is 0 Å². The lowest BCUT2D eigenvalue weighted by Gasteiger charge is -2.41. The minimum Gasteiger partial charge on any atom is -0.289 e. The molecule has 0 amide bonds. The Kier molecular flexibility index (Phi) is 4.84. The number of nitrogens with zero attached hydrogens (tertiary/aromatic N) is 3. The molecule has 32 heavy (non-hydrogen) atoms. The average molecular weight is 436 g/mol. The molecule has 0 aliphatic heterocycles. The van der Waals surface area contributed by atoms with Gasteiger partial charge in [0.15, 0.2) is 11.6 Å². The van der Waals surface area contributed by atoms with Crippen molar-refractivity contribution < 1.29 is 9.59 Å². The molecule has 4 aliphatic carbocycles. The van der Waals surface area contributed by atoms with Crippen LogP contribution in [0.4, 0.5) is 0 Å². The zero-order chi connectivity index (χ0) is 22.9. The second-order valence-electron chi connectivity index (χ2n) is 10.4. The molecule has 7 nitrogen and oxygen atoms in total. The highest BCUT2D eigenvalue weighted by Crippen LogP contribution is 2.49. The summed E-state index contributed by atoms with van der Waals surface area (Å²) >= 11 is 0. The predicted octanol–water partition coefficient (Wildman–Crippen LogP) is 3.37. The molecule has 0 radical (unpaired) electrons. The lowest BCUT2D eigenvalue weighted by molar-refractivity contribution is 0.0922. The van der Waals surface area contributed by atoms with Crippen LogP contribution in [0.3, 0.4) is 0 Å². The molecule has 2 aromatic heterocycles. The van der Waals surface area contributed by atoms with E-state index in [1.54, 1.807) is 0 Å². The molecule has 2 heterocycles. The van der Waals surface area contributed by atoms with E-state index in [0.717, 1.165) is 25.7 Å².